The van der Waals surface area contributed by atoms with Crippen LogP contribution in [0.25, 0.3) is 11.3 Å². The SMILES string of the molecule is Nc1ncc(-c2cc(N3CC4CC3CO4)nc(N3CC(F)C(F)C3)n2)cc1OC(F)F. The Morgan fingerprint density at radius 3 is 2.55 bits per heavy atom. The van der Waals surface area contributed by atoms with Crippen molar-refractivity contribution < 1.29 is 27.0 Å². The predicted octanol–water partition coefficient (Wildman–Crippen LogP) is 2.20. The Morgan fingerprint density at radius 1 is 1.13 bits per heavy atom. The van der Waals surface area contributed by atoms with Crippen LogP contribution in [0.1, 0.15) is 6.42 Å². The number of fused-ring (bicyclic) bond motifs is 2. The van der Waals surface area contributed by atoms with Crippen LogP contribution in [-0.4, -0.2) is 72.3 Å². The van der Waals surface area contributed by atoms with E-state index in [4.69, 9.17) is 10.5 Å². The van der Waals surface area contributed by atoms with E-state index in [0.29, 0.717) is 30.2 Å². The van der Waals surface area contributed by atoms with Crippen molar-refractivity contribution in [2.45, 2.75) is 37.5 Å². The number of hydrogen-bond donors (Lipinski definition) is 1. The highest BCUT2D eigenvalue weighted by Gasteiger charge is 2.40. The van der Waals surface area contributed by atoms with Gasteiger partial charge >= 0.3 is 6.61 Å². The highest BCUT2D eigenvalue weighted by atomic mass is 19.3. The third-order valence-corrected chi connectivity index (χ3v) is 5.75. The summed E-state index contributed by atoms with van der Waals surface area (Å²) in [5.41, 5.74) is 6.35. The Morgan fingerprint density at radius 2 is 1.90 bits per heavy atom. The lowest BCUT2D eigenvalue weighted by Gasteiger charge is -2.29. The number of nitrogens with two attached hydrogens (primary N) is 1. The van der Waals surface area contributed by atoms with Gasteiger partial charge in [0.2, 0.25) is 5.95 Å². The number of alkyl halides is 4. The lowest BCUT2D eigenvalue weighted by Crippen LogP contribution is -2.38. The molecule has 5 rings (SSSR count). The molecule has 3 saturated heterocycles. The molecule has 2 aromatic rings. The van der Waals surface area contributed by atoms with E-state index in [0.717, 1.165) is 6.42 Å². The molecule has 4 unspecified atom stereocenters. The molecule has 0 spiro atoms. The second-order valence-corrected chi connectivity index (χ2v) is 7.83. The van der Waals surface area contributed by atoms with Gasteiger partial charge in [0.15, 0.2) is 23.9 Å². The van der Waals surface area contributed by atoms with Gasteiger partial charge in [0.25, 0.3) is 0 Å². The molecule has 31 heavy (non-hydrogen) atoms. The van der Waals surface area contributed by atoms with Crippen LogP contribution in [0.15, 0.2) is 18.3 Å². The van der Waals surface area contributed by atoms with Gasteiger partial charge in [-0.25, -0.2) is 18.7 Å². The maximum Gasteiger partial charge on any atom is 0.387 e. The summed E-state index contributed by atoms with van der Waals surface area (Å²) in [6.07, 6.45) is -0.906. The van der Waals surface area contributed by atoms with Crippen molar-refractivity contribution in [1.82, 2.24) is 15.0 Å². The summed E-state index contributed by atoms with van der Waals surface area (Å²) in [5, 5.41) is 0. The van der Waals surface area contributed by atoms with E-state index in [2.05, 4.69) is 24.6 Å². The fourth-order valence-corrected chi connectivity index (χ4v) is 4.21. The number of rotatable bonds is 5. The molecule has 3 aliphatic rings. The number of hydrogen-bond acceptors (Lipinski definition) is 8. The summed E-state index contributed by atoms with van der Waals surface area (Å²) in [6, 6.07) is 3.15. The van der Waals surface area contributed by atoms with Crippen LogP contribution < -0.4 is 20.3 Å². The van der Waals surface area contributed by atoms with Crippen molar-refractivity contribution in [1.29, 1.82) is 0 Å². The van der Waals surface area contributed by atoms with Gasteiger partial charge in [0.1, 0.15) is 5.82 Å². The molecule has 4 atom stereocenters. The standard InChI is InChI=1S/C19H20F4N6O2/c20-12-6-28(7-13(12)21)19-26-14(9-1-15(31-18(22)23)17(24)25-4-9)3-16(27-19)29-5-11-2-10(29)8-30-11/h1,3-4,10-13,18H,2,5-8H2,(H2,24,25). The highest BCUT2D eigenvalue weighted by Crippen LogP contribution is 2.36. The Hall–Kier alpha value is -2.89. The molecule has 2 bridgehead atoms. The number of ether oxygens (including phenoxy) is 2. The molecule has 3 aliphatic heterocycles. The minimum absolute atomic E-state index is 0.105. The van der Waals surface area contributed by atoms with Crippen molar-refractivity contribution >= 4 is 17.6 Å². The summed E-state index contributed by atoms with van der Waals surface area (Å²) in [4.78, 5) is 16.4. The van der Waals surface area contributed by atoms with Gasteiger partial charge in [-0.1, -0.05) is 0 Å². The van der Waals surface area contributed by atoms with E-state index >= 15 is 0 Å². The van der Waals surface area contributed by atoms with Crippen LogP contribution >= 0.6 is 0 Å². The van der Waals surface area contributed by atoms with Gasteiger partial charge < -0.3 is 25.0 Å². The van der Waals surface area contributed by atoms with Gasteiger partial charge in [-0.05, 0) is 12.5 Å². The lowest BCUT2D eigenvalue weighted by atomic mass is 10.2. The molecule has 0 aromatic carbocycles. The average Bonchev–Trinajstić information content (AvgIpc) is 3.45. The number of nitrogens with zero attached hydrogens (tertiary/aromatic N) is 5. The molecule has 0 saturated carbocycles. The molecular weight excluding hydrogens is 420 g/mol. The minimum atomic E-state index is -3.07. The van der Waals surface area contributed by atoms with E-state index in [1.807, 2.05) is 0 Å². The van der Waals surface area contributed by atoms with Crippen LogP contribution in [0, 0.1) is 0 Å². The normalized spacial score (nSPS) is 27.5. The fourth-order valence-electron chi connectivity index (χ4n) is 4.21. The number of aromatic nitrogens is 3. The Balaban J connectivity index is 1.55. The predicted molar refractivity (Wildman–Crippen MR) is 104 cm³/mol. The second kappa shape index (κ2) is 7.66. The highest BCUT2D eigenvalue weighted by molar-refractivity contribution is 5.68. The van der Waals surface area contributed by atoms with E-state index in [1.54, 1.807) is 6.07 Å². The molecule has 0 radical (unpaired) electrons. The zero-order chi connectivity index (χ0) is 21.7. The third kappa shape index (κ3) is 3.80. The van der Waals surface area contributed by atoms with E-state index < -0.39 is 19.0 Å². The topological polar surface area (TPSA) is 89.6 Å². The molecule has 0 aliphatic carbocycles. The molecule has 0 amide bonds. The largest absolute Gasteiger partial charge is 0.431 e. The first kappa shape index (κ1) is 20.0. The van der Waals surface area contributed by atoms with Gasteiger partial charge in [-0.15, -0.1) is 0 Å². The van der Waals surface area contributed by atoms with Crippen molar-refractivity contribution in [2.75, 3.05) is 41.8 Å². The monoisotopic (exact) mass is 440 g/mol. The zero-order valence-corrected chi connectivity index (χ0v) is 16.3. The molecule has 5 heterocycles. The number of nitrogen functional groups attached to an aromatic ring is 1. The summed E-state index contributed by atoms with van der Waals surface area (Å²) in [6.45, 7) is -2.20. The summed E-state index contributed by atoms with van der Waals surface area (Å²) in [5.74, 6) is 0.262. The van der Waals surface area contributed by atoms with Crippen LogP contribution in [0.2, 0.25) is 0 Å². The maximum atomic E-state index is 13.8. The number of morpholine rings is 1. The molecule has 8 nitrogen and oxygen atoms in total. The molecule has 166 valence electrons. The smallest absolute Gasteiger partial charge is 0.387 e. The zero-order valence-electron chi connectivity index (χ0n) is 16.3. The van der Waals surface area contributed by atoms with E-state index in [9.17, 15) is 17.6 Å². The molecule has 2 N–H and O–H groups in total. The first-order valence-corrected chi connectivity index (χ1v) is 9.88. The quantitative estimate of drug-likeness (QED) is 0.708. The van der Waals surface area contributed by atoms with Gasteiger partial charge in [-0.3, -0.25) is 0 Å². The Bertz CT molecular complexity index is 972. The number of pyridine rings is 1. The summed E-state index contributed by atoms with van der Waals surface area (Å²) >= 11 is 0. The van der Waals surface area contributed by atoms with Crippen molar-refractivity contribution in [3.63, 3.8) is 0 Å². The molecule has 3 fully saturated rings. The van der Waals surface area contributed by atoms with E-state index in [-0.39, 0.29) is 42.8 Å². The Labute approximate surface area is 175 Å². The molecular formula is C19H20F4N6O2. The third-order valence-electron chi connectivity index (χ3n) is 5.75. The van der Waals surface area contributed by atoms with Gasteiger partial charge in [0.05, 0.1) is 37.5 Å². The first-order valence-electron chi connectivity index (χ1n) is 9.88. The number of halogens is 4. The molecule has 2 aromatic heterocycles. The summed E-state index contributed by atoms with van der Waals surface area (Å²) < 4.78 is 63.1. The number of anilines is 3. The maximum absolute atomic E-state index is 13.8. The Kier molecular flexibility index (Phi) is 4.95. The first-order chi connectivity index (χ1) is 14.9. The summed E-state index contributed by atoms with van der Waals surface area (Å²) in [7, 11) is 0. The van der Waals surface area contributed by atoms with Gasteiger partial charge in [-0.2, -0.15) is 13.8 Å². The van der Waals surface area contributed by atoms with Crippen molar-refractivity contribution in [3.8, 4) is 17.0 Å². The van der Waals surface area contributed by atoms with Crippen molar-refractivity contribution in [3.05, 3.63) is 18.3 Å². The van der Waals surface area contributed by atoms with E-state index in [1.165, 1.54) is 17.2 Å². The van der Waals surface area contributed by atoms with Crippen LogP contribution in [0.3, 0.4) is 0 Å². The van der Waals surface area contributed by atoms with Crippen LogP contribution in [-0.2, 0) is 4.74 Å². The lowest BCUT2D eigenvalue weighted by molar-refractivity contribution is -0.0494. The van der Waals surface area contributed by atoms with Crippen LogP contribution in [0.5, 0.6) is 5.75 Å². The van der Waals surface area contributed by atoms with Crippen LogP contribution in [0.4, 0.5) is 35.1 Å². The van der Waals surface area contributed by atoms with Gasteiger partial charge in [0, 0.05) is 24.4 Å². The van der Waals surface area contributed by atoms with Crippen molar-refractivity contribution in [2.24, 2.45) is 0 Å². The molecule has 12 heteroatoms. The minimum Gasteiger partial charge on any atom is -0.431 e. The average molecular weight is 440 g/mol. The second-order valence-electron chi connectivity index (χ2n) is 7.83. The fraction of sp³-hybridized carbons (Fsp3) is 0.526.